The molecule has 7 nitrogen and oxygen atoms in total. The van der Waals surface area contributed by atoms with E-state index in [-0.39, 0.29) is 0 Å². The highest BCUT2D eigenvalue weighted by molar-refractivity contribution is 7.98. The Morgan fingerprint density at radius 3 is 2.64 bits per heavy atom. The maximum atomic E-state index is 11.6. The van der Waals surface area contributed by atoms with Crippen molar-refractivity contribution in [1.82, 2.24) is 15.3 Å². The monoisotopic (exact) mass is 442 g/mol. The number of thioether (sulfide) groups is 1. The highest BCUT2D eigenvalue weighted by Gasteiger charge is 2.21. The average molecular weight is 443 g/mol. The summed E-state index contributed by atoms with van der Waals surface area (Å²) in [5.74, 6) is 2.06. The molecule has 1 N–H and O–H groups in total. The molecule has 1 aromatic heterocycles. The molecule has 2 heterocycles. The number of rotatable bonds is 6. The standard InChI is InChI=1S/C18H20Cl2N4O3S/c1-28-14-15(20)22-16(23-17(14)24-8-10-26-11-9-24)12-2-4-13(5-3-12)27-18(25)21-7-6-19/h2-5H,6-11H2,1H3,(H,21,25). The molecular formula is C18H20Cl2N4O3S. The summed E-state index contributed by atoms with van der Waals surface area (Å²) in [5, 5.41) is 2.95. The van der Waals surface area contributed by atoms with Crippen LogP contribution in [0.25, 0.3) is 11.4 Å². The Bertz CT molecular complexity index is 817. The van der Waals surface area contributed by atoms with Crippen LogP contribution in [0, 0.1) is 0 Å². The van der Waals surface area contributed by atoms with Crippen molar-refractivity contribution < 1.29 is 14.3 Å². The molecular weight excluding hydrogens is 423 g/mol. The Kier molecular flexibility index (Phi) is 7.61. The van der Waals surface area contributed by atoms with Crippen LogP contribution >= 0.6 is 35.0 Å². The normalized spacial score (nSPS) is 14.0. The van der Waals surface area contributed by atoms with Gasteiger partial charge in [0.25, 0.3) is 0 Å². The first-order valence-corrected chi connectivity index (χ1v) is 10.8. The van der Waals surface area contributed by atoms with Crippen LogP contribution in [0.15, 0.2) is 29.2 Å². The van der Waals surface area contributed by atoms with E-state index in [0.29, 0.717) is 42.4 Å². The van der Waals surface area contributed by atoms with Gasteiger partial charge < -0.3 is 19.7 Å². The van der Waals surface area contributed by atoms with Crippen LogP contribution in [0.4, 0.5) is 10.6 Å². The summed E-state index contributed by atoms with van der Waals surface area (Å²) in [6.07, 6.45) is 1.40. The molecule has 1 aliphatic rings. The number of aromatic nitrogens is 2. The minimum Gasteiger partial charge on any atom is -0.410 e. The minimum atomic E-state index is -0.549. The number of hydrogen-bond acceptors (Lipinski definition) is 7. The van der Waals surface area contributed by atoms with Gasteiger partial charge in [-0.3, -0.25) is 0 Å². The van der Waals surface area contributed by atoms with Gasteiger partial charge in [-0.1, -0.05) is 11.6 Å². The third kappa shape index (κ3) is 5.20. The van der Waals surface area contributed by atoms with Crippen molar-refractivity contribution in [1.29, 1.82) is 0 Å². The van der Waals surface area contributed by atoms with Crippen molar-refractivity contribution in [3.63, 3.8) is 0 Å². The Morgan fingerprint density at radius 1 is 1.29 bits per heavy atom. The molecule has 1 aliphatic heterocycles. The first-order valence-electron chi connectivity index (χ1n) is 8.68. The van der Waals surface area contributed by atoms with E-state index in [4.69, 9.17) is 37.7 Å². The lowest BCUT2D eigenvalue weighted by atomic mass is 10.2. The number of nitrogens with one attached hydrogen (secondary N) is 1. The van der Waals surface area contributed by atoms with Crippen molar-refractivity contribution >= 4 is 46.9 Å². The fraction of sp³-hybridized carbons (Fsp3) is 0.389. The minimum absolute atomic E-state index is 0.323. The molecule has 2 aromatic rings. The van der Waals surface area contributed by atoms with Gasteiger partial charge in [0.15, 0.2) is 5.82 Å². The summed E-state index contributed by atoms with van der Waals surface area (Å²) in [5.41, 5.74) is 0.776. The number of alkyl halides is 1. The predicted molar refractivity (Wildman–Crippen MR) is 112 cm³/mol. The number of anilines is 1. The predicted octanol–water partition coefficient (Wildman–Crippen LogP) is 3.68. The maximum absolute atomic E-state index is 11.6. The SMILES string of the molecule is CSc1c(Cl)nc(-c2ccc(OC(=O)NCCCl)cc2)nc1N1CCOCC1. The second-order valence-electron chi connectivity index (χ2n) is 5.82. The van der Waals surface area contributed by atoms with Crippen molar-refractivity contribution in [2.75, 3.05) is 49.9 Å². The number of ether oxygens (including phenoxy) is 2. The first-order chi connectivity index (χ1) is 13.6. The molecule has 28 heavy (non-hydrogen) atoms. The van der Waals surface area contributed by atoms with Crippen molar-refractivity contribution in [2.45, 2.75) is 4.90 Å². The summed E-state index contributed by atoms with van der Waals surface area (Å²) in [7, 11) is 0. The van der Waals surface area contributed by atoms with Crippen LogP contribution in [-0.4, -0.2) is 61.0 Å². The van der Waals surface area contributed by atoms with Gasteiger partial charge in [-0.05, 0) is 30.5 Å². The zero-order valence-electron chi connectivity index (χ0n) is 15.3. The van der Waals surface area contributed by atoms with E-state index in [1.807, 2.05) is 6.26 Å². The molecule has 150 valence electrons. The molecule has 0 aliphatic carbocycles. The second kappa shape index (κ2) is 10.2. The molecule has 1 saturated heterocycles. The van der Waals surface area contributed by atoms with E-state index in [9.17, 15) is 4.79 Å². The smallest absolute Gasteiger partial charge is 0.410 e. The molecule has 1 amide bonds. The number of benzene rings is 1. The first kappa shape index (κ1) is 21.0. The van der Waals surface area contributed by atoms with Gasteiger partial charge in [-0.15, -0.1) is 23.4 Å². The van der Waals surface area contributed by atoms with Crippen molar-refractivity contribution in [3.05, 3.63) is 29.4 Å². The van der Waals surface area contributed by atoms with Gasteiger partial charge >= 0.3 is 6.09 Å². The van der Waals surface area contributed by atoms with Crippen LogP contribution in [0.1, 0.15) is 0 Å². The molecule has 0 atom stereocenters. The lowest BCUT2D eigenvalue weighted by Crippen LogP contribution is -2.37. The quantitative estimate of drug-likeness (QED) is 0.415. The van der Waals surface area contributed by atoms with E-state index in [1.54, 1.807) is 24.3 Å². The number of morpholine rings is 1. The second-order valence-corrected chi connectivity index (χ2v) is 7.38. The summed E-state index contributed by atoms with van der Waals surface area (Å²) < 4.78 is 10.6. The van der Waals surface area contributed by atoms with Crippen LogP contribution in [0.2, 0.25) is 5.15 Å². The molecule has 10 heteroatoms. The lowest BCUT2D eigenvalue weighted by molar-refractivity contribution is 0.122. The Morgan fingerprint density at radius 2 is 2.00 bits per heavy atom. The topological polar surface area (TPSA) is 76.6 Å². The Balaban J connectivity index is 1.82. The number of carbonyl (C=O) groups excluding carboxylic acids is 1. The van der Waals surface area contributed by atoms with Crippen LogP contribution in [0.3, 0.4) is 0 Å². The Hall–Kier alpha value is -1.74. The van der Waals surface area contributed by atoms with E-state index in [1.165, 1.54) is 11.8 Å². The van der Waals surface area contributed by atoms with E-state index in [0.717, 1.165) is 29.4 Å². The van der Waals surface area contributed by atoms with Gasteiger partial charge in [-0.25, -0.2) is 14.8 Å². The fourth-order valence-electron chi connectivity index (χ4n) is 2.67. The van der Waals surface area contributed by atoms with E-state index in [2.05, 4.69) is 15.2 Å². The number of halogens is 2. The summed E-state index contributed by atoms with van der Waals surface area (Å²) in [6.45, 7) is 3.16. The third-order valence-electron chi connectivity index (χ3n) is 4.01. The highest BCUT2D eigenvalue weighted by Crippen LogP contribution is 2.35. The Labute approximate surface area is 177 Å². The average Bonchev–Trinajstić information content (AvgIpc) is 2.73. The van der Waals surface area contributed by atoms with Crippen LogP contribution in [0.5, 0.6) is 5.75 Å². The van der Waals surface area contributed by atoms with E-state index < -0.39 is 6.09 Å². The number of carbonyl (C=O) groups is 1. The zero-order valence-corrected chi connectivity index (χ0v) is 17.6. The molecule has 1 aromatic carbocycles. The third-order valence-corrected chi connectivity index (χ3v) is 5.37. The van der Waals surface area contributed by atoms with Crippen molar-refractivity contribution in [3.8, 4) is 17.1 Å². The van der Waals surface area contributed by atoms with E-state index >= 15 is 0 Å². The lowest BCUT2D eigenvalue weighted by Gasteiger charge is -2.29. The van der Waals surface area contributed by atoms with Gasteiger partial charge in [0.1, 0.15) is 16.7 Å². The fourth-order valence-corrected chi connectivity index (χ4v) is 3.73. The number of nitrogens with zero attached hydrogens (tertiary/aromatic N) is 3. The summed E-state index contributed by atoms with van der Waals surface area (Å²) in [6, 6.07) is 6.95. The largest absolute Gasteiger partial charge is 0.412 e. The summed E-state index contributed by atoms with van der Waals surface area (Å²) in [4.78, 5) is 23.8. The van der Waals surface area contributed by atoms with Gasteiger partial charge in [0, 0.05) is 31.1 Å². The molecule has 3 rings (SSSR count). The molecule has 0 spiro atoms. The maximum Gasteiger partial charge on any atom is 0.412 e. The molecule has 0 bridgehead atoms. The highest BCUT2D eigenvalue weighted by atomic mass is 35.5. The number of amides is 1. The molecule has 0 radical (unpaired) electrons. The number of hydrogen-bond donors (Lipinski definition) is 1. The van der Waals surface area contributed by atoms with Crippen LogP contribution < -0.4 is 15.0 Å². The van der Waals surface area contributed by atoms with Crippen molar-refractivity contribution in [2.24, 2.45) is 0 Å². The molecule has 1 fully saturated rings. The van der Waals surface area contributed by atoms with Gasteiger partial charge in [0.05, 0.1) is 18.1 Å². The van der Waals surface area contributed by atoms with Gasteiger partial charge in [0.2, 0.25) is 0 Å². The van der Waals surface area contributed by atoms with Crippen LogP contribution in [-0.2, 0) is 4.74 Å². The molecule has 0 saturated carbocycles. The molecule has 0 unspecified atom stereocenters. The van der Waals surface area contributed by atoms with Gasteiger partial charge in [-0.2, -0.15) is 0 Å². The zero-order chi connectivity index (χ0) is 19.9. The summed E-state index contributed by atoms with van der Waals surface area (Å²) >= 11 is 13.5.